The number of fused-ring (bicyclic) bond motifs is 8. The fourth-order valence-electron chi connectivity index (χ4n) is 6.28. The monoisotopic (exact) mass is 537 g/mol. The molecule has 0 N–H and O–H groups in total. The number of aromatic nitrogens is 3. The highest BCUT2D eigenvalue weighted by atomic mass is 16.3. The topological polar surface area (TPSA) is 43.9 Å². The molecule has 4 nitrogen and oxygen atoms in total. The van der Waals surface area contributed by atoms with Gasteiger partial charge in [-0.2, -0.15) is 0 Å². The molecule has 0 spiro atoms. The smallest absolute Gasteiger partial charge is 0.160 e. The third kappa shape index (κ3) is 3.36. The van der Waals surface area contributed by atoms with Gasteiger partial charge in [0, 0.05) is 43.7 Å². The van der Waals surface area contributed by atoms with Crippen LogP contribution in [0.2, 0.25) is 0 Å². The predicted octanol–water partition coefficient (Wildman–Crippen LogP) is 9.96. The Morgan fingerprint density at radius 2 is 1.17 bits per heavy atom. The summed E-state index contributed by atoms with van der Waals surface area (Å²) in [6.45, 7) is 0. The van der Waals surface area contributed by atoms with Crippen LogP contribution in [-0.2, 0) is 0 Å². The van der Waals surface area contributed by atoms with Crippen molar-refractivity contribution in [1.29, 1.82) is 0 Å². The number of hydrogen-bond donors (Lipinski definition) is 0. The highest BCUT2D eigenvalue weighted by molar-refractivity contribution is 6.21. The first-order chi connectivity index (χ1) is 20.8. The zero-order valence-corrected chi connectivity index (χ0v) is 22.5. The van der Waals surface area contributed by atoms with Crippen LogP contribution in [0.4, 0.5) is 0 Å². The minimum atomic E-state index is 0.709. The summed E-state index contributed by atoms with van der Waals surface area (Å²) in [6.07, 6.45) is 0. The summed E-state index contributed by atoms with van der Waals surface area (Å²) in [5.74, 6) is 0.709. The van der Waals surface area contributed by atoms with E-state index in [0.29, 0.717) is 5.82 Å². The van der Waals surface area contributed by atoms with Crippen molar-refractivity contribution in [2.45, 2.75) is 0 Å². The van der Waals surface area contributed by atoms with Crippen LogP contribution in [0.5, 0.6) is 0 Å². The van der Waals surface area contributed by atoms with Crippen LogP contribution in [0.25, 0.3) is 83.0 Å². The Kier molecular flexibility index (Phi) is 4.87. The van der Waals surface area contributed by atoms with Crippen molar-refractivity contribution in [2.75, 3.05) is 0 Å². The molecule has 196 valence electrons. The van der Waals surface area contributed by atoms with E-state index in [1.807, 2.05) is 42.5 Å². The Bertz CT molecular complexity index is 2450. The van der Waals surface area contributed by atoms with Gasteiger partial charge in [0.2, 0.25) is 0 Å². The van der Waals surface area contributed by atoms with E-state index >= 15 is 0 Å². The first-order valence-electron chi connectivity index (χ1n) is 14.1. The second-order valence-electron chi connectivity index (χ2n) is 10.6. The molecule has 0 radical (unpaired) electrons. The molecule has 0 unspecified atom stereocenters. The van der Waals surface area contributed by atoms with E-state index in [9.17, 15) is 0 Å². The Balaban J connectivity index is 1.26. The molecule has 0 aliphatic rings. The molecule has 0 aliphatic carbocycles. The van der Waals surface area contributed by atoms with Crippen molar-refractivity contribution in [2.24, 2.45) is 0 Å². The fraction of sp³-hybridized carbons (Fsp3) is 0. The Morgan fingerprint density at radius 3 is 2.02 bits per heavy atom. The second kappa shape index (κ2) is 8.88. The number of hydrogen-bond acceptors (Lipinski definition) is 3. The van der Waals surface area contributed by atoms with Crippen molar-refractivity contribution in [3.63, 3.8) is 0 Å². The highest BCUT2D eigenvalue weighted by Crippen LogP contribution is 2.40. The minimum Gasteiger partial charge on any atom is -0.454 e. The molecule has 6 aromatic carbocycles. The van der Waals surface area contributed by atoms with Gasteiger partial charge in [0.05, 0.1) is 22.2 Å². The Labute approximate surface area is 241 Å². The number of furan rings is 1. The van der Waals surface area contributed by atoms with E-state index in [2.05, 4.69) is 102 Å². The maximum Gasteiger partial charge on any atom is 0.160 e. The first kappa shape index (κ1) is 23.0. The van der Waals surface area contributed by atoms with Crippen LogP contribution in [0.1, 0.15) is 0 Å². The number of benzene rings is 6. The van der Waals surface area contributed by atoms with Crippen LogP contribution >= 0.6 is 0 Å². The quantitative estimate of drug-likeness (QED) is 0.225. The highest BCUT2D eigenvalue weighted by Gasteiger charge is 2.19. The van der Waals surface area contributed by atoms with Gasteiger partial charge >= 0.3 is 0 Å². The molecule has 0 amide bonds. The average Bonchev–Trinajstić information content (AvgIpc) is 3.61. The van der Waals surface area contributed by atoms with Crippen molar-refractivity contribution >= 4 is 54.6 Å². The fourth-order valence-corrected chi connectivity index (χ4v) is 6.28. The van der Waals surface area contributed by atoms with Crippen LogP contribution < -0.4 is 0 Å². The summed E-state index contributed by atoms with van der Waals surface area (Å²) >= 11 is 0. The predicted molar refractivity (Wildman–Crippen MR) is 172 cm³/mol. The normalized spacial score (nSPS) is 11.8. The minimum absolute atomic E-state index is 0.709. The maximum atomic E-state index is 6.51. The molecular formula is C38H23N3O. The average molecular weight is 538 g/mol. The van der Waals surface area contributed by atoms with Crippen LogP contribution in [0.3, 0.4) is 0 Å². The van der Waals surface area contributed by atoms with Crippen LogP contribution in [0, 0.1) is 0 Å². The van der Waals surface area contributed by atoms with Gasteiger partial charge in [-0.1, -0.05) is 91.0 Å². The molecule has 0 fully saturated rings. The molecule has 3 heterocycles. The number of para-hydroxylation sites is 3. The van der Waals surface area contributed by atoms with E-state index in [1.165, 1.54) is 10.8 Å². The van der Waals surface area contributed by atoms with Gasteiger partial charge in [0.15, 0.2) is 11.4 Å². The third-order valence-electron chi connectivity index (χ3n) is 8.21. The summed E-state index contributed by atoms with van der Waals surface area (Å²) in [7, 11) is 0. The zero-order chi connectivity index (χ0) is 27.6. The second-order valence-corrected chi connectivity index (χ2v) is 10.6. The summed E-state index contributed by atoms with van der Waals surface area (Å²) in [5, 5.41) is 5.67. The van der Waals surface area contributed by atoms with Crippen molar-refractivity contribution in [1.82, 2.24) is 14.5 Å². The van der Waals surface area contributed by atoms with Gasteiger partial charge in [-0.25, -0.2) is 9.97 Å². The van der Waals surface area contributed by atoms with Crippen LogP contribution in [-0.4, -0.2) is 14.5 Å². The van der Waals surface area contributed by atoms with E-state index in [0.717, 1.165) is 66.4 Å². The van der Waals surface area contributed by atoms with E-state index in [1.54, 1.807) is 0 Å². The lowest BCUT2D eigenvalue weighted by atomic mass is 10.1. The molecule has 9 rings (SSSR count). The lowest BCUT2D eigenvalue weighted by Crippen LogP contribution is -1.97. The number of nitrogens with zero attached hydrogens (tertiary/aromatic N) is 3. The Morgan fingerprint density at radius 1 is 0.476 bits per heavy atom. The summed E-state index contributed by atoms with van der Waals surface area (Å²) < 4.78 is 8.82. The summed E-state index contributed by atoms with van der Waals surface area (Å²) in [6, 6.07) is 48.3. The summed E-state index contributed by atoms with van der Waals surface area (Å²) in [4.78, 5) is 10.0. The van der Waals surface area contributed by atoms with E-state index in [-0.39, 0.29) is 0 Å². The van der Waals surface area contributed by atoms with Gasteiger partial charge in [-0.05, 0) is 48.5 Å². The summed E-state index contributed by atoms with van der Waals surface area (Å²) in [5.41, 5.74) is 8.99. The molecular weight excluding hydrogens is 514 g/mol. The van der Waals surface area contributed by atoms with Gasteiger partial charge in [0.1, 0.15) is 5.58 Å². The standard InChI is InChI=1S/C38H23N3O/c1-2-10-24(11-3-1)35-31-14-4-7-15-32(31)39-38(40-35)25-18-20-26(21-19-25)41-33-16-8-5-12-27(33)29-22-23-30-28-13-6-9-17-34(28)42-37(30)36(29)41/h1-23H. The van der Waals surface area contributed by atoms with Gasteiger partial charge in [-0.3, -0.25) is 0 Å². The van der Waals surface area contributed by atoms with Gasteiger partial charge < -0.3 is 8.98 Å². The van der Waals surface area contributed by atoms with Crippen molar-refractivity contribution in [3.8, 4) is 28.3 Å². The molecule has 0 atom stereocenters. The zero-order valence-electron chi connectivity index (χ0n) is 22.5. The molecule has 0 aliphatic heterocycles. The molecule has 9 aromatic rings. The SMILES string of the molecule is c1ccc(-c2nc(-c3ccc(-n4c5ccccc5c5ccc6c7ccccc7oc6c54)cc3)nc3ccccc23)cc1. The molecule has 3 aromatic heterocycles. The maximum absolute atomic E-state index is 6.51. The van der Waals surface area contributed by atoms with Crippen molar-refractivity contribution in [3.05, 3.63) is 140 Å². The molecule has 42 heavy (non-hydrogen) atoms. The van der Waals surface area contributed by atoms with E-state index in [4.69, 9.17) is 14.4 Å². The first-order valence-corrected chi connectivity index (χ1v) is 14.1. The van der Waals surface area contributed by atoms with E-state index < -0.39 is 0 Å². The number of rotatable bonds is 3. The molecule has 0 saturated carbocycles. The lowest BCUT2D eigenvalue weighted by molar-refractivity contribution is 0.671. The third-order valence-corrected chi connectivity index (χ3v) is 8.21. The van der Waals surface area contributed by atoms with Gasteiger partial charge in [0.25, 0.3) is 0 Å². The van der Waals surface area contributed by atoms with Crippen molar-refractivity contribution < 1.29 is 4.42 Å². The molecule has 0 bridgehead atoms. The molecule has 4 heteroatoms. The lowest BCUT2D eigenvalue weighted by Gasteiger charge is -2.11. The molecule has 0 saturated heterocycles. The Hall–Kier alpha value is -5.74. The largest absolute Gasteiger partial charge is 0.454 e. The van der Waals surface area contributed by atoms with Crippen LogP contribution in [0.15, 0.2) is 144 Å². The van der Waals surface area contributed by atoms with Gasteiger partial charge in [-0.15, -0.1) is 0 Å².